The van der Waals surface area contributed by atoms with Crippen LogP contribution in [0.4, 0.5) is 0 Å². The summed E-state index contributed by atoms with van der Waals surface area (Å²) in [5.41, 5.74) is 0. The minimum Gasteiger partial charge on any atom is -0.467 e. The molecular formula is C20H37NO5S2Si. The summed E-state index contributed by atoms with van der Waals surface area (Å²) in [6.45, 7) is 16.7. The third-order valence-electron chi connectivity index (χ3n) is 6.71. The van der Waals surface area contributed by atoms with E-state index in [1.807, 2.05) is 13.8 Å². The molecule has 0 spiro atoms. The first-order valence-corrected chi connectivity index (χ1v) is 14.5. The quantitative estimate of drug-likeness (QED) is 0.316. The molecule has 29 heavy (non-hydrogen) atoms. The van der Waals surface area contributed by atoms with E-state index in [0.717, 1.165) is 0 Å². The lowest BCUT2D eigenvalue weighted by molar-refractivity contribution is -0.151. The van der Waals surface area contributed by atoms with E-state index >= 15 is 0 Å². The second-order valence-corrected chi connectivity index (χ2v) is 15.2. The average Bonchev–Trinajstić information content (AvgIpc) is 3.02. The third kappa shape index (κ3) is 5.61. The van der Waals surface area contributed by atoms with Gasteiger partial charge in [-0.2, -0.15) is 0 Å². The number of carbonyl (C=O) groups is 2. The summed E-state index contributed by atoms with van der Waals surface area (Å²) in [5.74, 6) is -0.745. The predicted octanol–water partition coefficient (Wildman–Crippen LogP) is 3.82. The summed E-state index contributed by atoms with van der Waals surface area (Å²) in [5, 5.41) is 11.0. The number of hydrogen-bond acceptors (Lipinski definition) is 7. The Morgan fingerprint density at radius 1 is 1.34 bits per heavy atom. The van der Waals surface area contributed by atoms with Crippen molar-refractivity contribution in [3.8, 4) is 0 Å². The van der Waals surface area contributed by atoms with Crippen LogP contribution < -0.4 is 0 Å². The van der Waals surface area contributed by atoms with Gasteiger partial charge in [-0.05, 0) is 37.4 Å². The maximum absolute atomic E-state index is 13.2. The van der Waals surface area contributed by atoms with Crippen molar-refractivity contribution in [3.63, 3.8) is 0 Å². The van der Waals surface area contributed by atoms with E-state index in [0.29, 0.717) is 22.4 Å². The second-order valence-electron chi connectivity index (χ2n) is 9.04. The Morgan fingerprint density at radius 3 is 2.34 bits per heavy atom. The molecule has 1 saturated heterocycles. The van der Waals surface area contributed by atoms with Crippen LogP contribution in [0.2, 0.25) is 18.1 Å². The number of thioether (sulfide) groups is 1. The Bertz CT molecular complexity index is 626. The van der Waals surface area contributed by atoms with Crippen LogP contribution in [-0.4, -0.2) is 65.6 Å². The van der Waals surface area contributed by atoms with Crippen LogP contribution in [0, 0.1) is 11.8 Å². The number of thiocarbonyl (C=S) groups is 1. The van der Waals surface area contributed by atoms with E-state index in [4.69, 9.17) is 21.4 Å². The SMILES string of the molecule is CCC(C(=O)N1C(=S)SCC1C(=O)OC)C(O)C(C)O[Si](C)(C)C(C)(C)C(C)C. The van der Waals surface area contributed by atoms with Gasteiger partial charge in [-0.3, -0.25) is 9.69 Å². The summed E-state index contributed by atoms with van der Waals surface area (Å²) in [6.07, 6.45) is -1.08. The zero-order valence-electron chi connectivity index (χ0n) is 19.1. The summed E-state index contributed by atoms with van der Waals surface area (Å²) < 4.78 is 11.6. The molecule has 1 amide bonds. The Kier molecular flexibility index (Phi) is 9.35. The number of methoxy groups -OCH3 is 1. The van der Waals surface area contributed by atoms with Gasteiger partial charge in [0, 0.05) is 5.75 Å². The summed E-state index contributed by atoms with van der Waals surface area (Å²) in [7, 11) is -0.890. The van der Waals surface area contributed by atoms with Crippen molar-refractivity contribution in [2.24, 2.45) is 11.8 Å². The largest absolute Gasteiger partial charge is 0.467 e. The molecule has 1 N–H and O–H groups in total. The van der Waals surface area contributed by atoms with Gasteiger partial charge in [0.2, 0.25) is 5.91 Å². The highest BCUT2D eigenvalue weighted by Gasteiger charge is 2.47. The first kappa shape index (κ1) is 26.6. The molecule has 0 aromatic heterocycles. The smallest absolute Gasteiger partial charge is 0.329 e. The van der Waals surface area contributed by atoms with Crippen molar-refractivity contribution in [3.05, 3.63) is 0 Å². The van der Waals surface area contributed by atoms with E-state index in [-0.39, 0.29) is 10.9 Å². The molecule has 0 radical (unpaired) electrons. The number of rotatable bonds is 9. The van der Waals surface area contributed by atoms with Gasteiger partial charge >= 0.3 is 5.97 Å². The van der Waals surface area contributed by atoms with Crippen LogP contribution in [0.25, 0.3) is 0 Å². The van der Waals surface area contributed by atoms with Crippen molar-refractivity contribution in [1.82, 2.24) is 4.90 Å². The molecule has 1 fully saturated rings. The lowest BCUT2D eigenvalue weighted by Gasteiger charge is -2.45. The first-order chi connectivity index (χ1) is 13.2. The molecule has 168 valence electrons. The van der Waals surface area contributed by atoms with Gasteiger partial charge in [-0.1, -0.05) is 58.6 Å². The minimum atomic E-state index is -2.18. The molecule has 4 atom stereocenters. The van der Waals surface area contributed by atoms with Gasteiger partial charge in [-0.15, -0.1) is 0 Å². The lowest BCUT2D eigenvalue weighted by atomic mass is 9.94. The number of ether oxygens (including phenoxy) is 1. The van der Waals surface area contributed by atoms with E-state index in [1.165, 1.54) is 23.8 Å². The zero-order valence-corrected chi connectivity index (χ0v) is 21.8. The number of carbonyl (C=O) groups excluding carboxylic acids is 2. The fourth-order valence-electron chi connectivity index (χ4n) is 3.42. The first-order valence-electron chi connectivity index (χ1n) is 10.2. The van der Waals surface area contributed by atoms with Gasteiger partial charge in [0.25, 0.3) is 0 Å². The van der Waals surface area contributed by atoms with E-state index in [1.54, 1.807) is 0 Å². The Balaban J connectivity index is 3.03. The topological polar surface area (TPSA) is 76.1 Å². The zero-order chi connectivity index (χ0) is 22.7. The Hall–Kier alpha value is -0.483. The summed E-state index contributed by atoms with van der Waals surface area (Å²) >= 11 is 6.58. The molecule has 1 aliphatic rings. The normalized spacial score (nSPS) is 21.3. The van der Waals surface area contributed by atoms with Crippen LogP contribution in [0.1, 0.15) is 48.0 Å². The van der Waals surface area contributed by atoms with E-state index in [2.05, 4.69) is 40.8 Å². The molecule has 0 bridgehead atoms. The molecule has 9 heteroatoms. The number of hydrogen-bond donors (Lipinski definition) is 1. The van der Waals surface area contributed by atoms with Crippen molar-refractivity contribution in [2.75, 3.05) is 12.9 Å². The fraction of sp³-hybridized carbons (Fsp3) is 0.850. The summed E-state index contributed by atoms with van der Waals surface area (Å²) in [4.78, 5) is 26.6. The molecule has 0 aliphatic carbocycles. The molecule has 4 unspecified atom stereocenters. The van der Waals surface area contributed by atoms with Crippen molar-refractivity contribution < 1.29 is 23.9 Å². The molecule has 0 aromatic carbocycles. The molecular weight excluding hydrogens is 426 g/mol. The maximum atomic E-state index is 13.2. The Morgan fingerprint density at radius 2 is 1.90 bits per heavy atom. The average molecular weight is 464 g/mol. The van der Waals surface area contributed by atoms with Gasteiger partial charge in [0.1, 0.15) is 10.4 Å². The van der Waals surface area contributed by atoms with Gasteiger partial charge in [0.05, 0.1) is 25.2 Å². The Labute approximate surface area is 186 Å². The molecule has 1 rings (SSSR count). The predicted molar refractivity (Wildman–Crippen MR) is 124 cm³/mol. The van der Waals surface area contributed by atoms with Crippen molar-refractivity contribution >= 4 is 48.5 Å². The highest BCUT2D eigenvalue weighted by Crippen LogP contribution is 2.45. The highest BCUT2D eigenvalue weighted by atomic mass is 32.2. The van der Waals surface area contributed by atoms with Gasteiger partial charge in [0.15, 0.2) is 8.32 Å². The van der Waals surface area contributed by atoms with Crippen LogP contribution in [0.5, 0.6) is 0 Å². The van der Waals surface area contributed by atoms with E-state index < -0.39 is 38.5 Å². The number of aliphatic hydroxyl groups is 1. The van der Waals surface area contributed by atoms with Gasteiger partial charge < -0.3 is 14.3 Å². The molecule has 6 nitrogen and oxygen atoms in total. The number of nitrogens with zero attached hydrogens (tertiary/aromatic N) is 1. The summed E-state index contributed by atoms with van der Waals surface area (Å²) in [6, 6.07) is -0.742. The number of amides is 1. The molecule has 1 heterocycles. The third-order valence-corrected chi connectivity index (χ3v) is 12.8. The molecule has 0 saturated carbocycles. The highest BCUT2D eigenvalue weighted by molar-refractivity contribution is 8.23. The van der Waals surface area contributed by atoms with Crippen LogP contribution >= 0.6 is 24.0 Å². The van der Waals surface area contributed by atoms with Gasteiger partial charge in [-0.25, -0.2) is 4.79 Å². The lowest BCUT2D eigenvalue weighted by Crippen LogP contribution is -2.53. The number of esters is 1. The monoisotopic (exact) mass is 463 g/mol. The van der Waals surface area contributed by atoms with Crippen molar-refractivity contribution in [1.29, 1.82) is 0 Å². The second kappa shape index (κ2) is 10.2. The molecule has 1 aliphatic heterocycles. The van der Waals surface area contributed by atoms with Crippen LogP contribution in [0.15, 0.2) is 0 Å². The van der Waals surface area contributed by atoms with Crippen LogP contribution in [0.3, 0.4) is 0 Å². The fourth-order valence-corrected chi connectivity index (χ4v) is 7.55. The number of aliphatic hydroxyl groups excluding tert-OH is 1. The minimum absolute atomic E-state index is 0.00413. The van der Waals surface area contributed by atoms with E-state index in [9.17, 15) is 14.7 Å². The maximum Gasteiger partial charge on any atom is 0.329 e. The standard InChI is InChI=1S/C20H37NO5S2Si/c1-10-14(17(23)21-15(18(24)25-7)11-28-19(21)27)16(22)13(4)26-29(8,9)20(5,6)12(2)3/h12-16,22H,10-11H2,1-9H3. The molecule has 0 aromatic rings. The van der Waals surface area contributed by atoms with Crippen molar-refractivity contribution in [2.45, 2.75) is 84.3 Å². The van der Waals surface area contributed by atoms with Crippen LogP contribution in [-0.2, 0) is 18.8 Å².